The molecule has 1 N–H and O–H groups in total. The predicted molar refractivity (Wildman–Crippen MR) is 74.9 cm³/mol. The minimum absolute atomic E-state index is 0.760. The highest BCUT2D eigenvalue weighted by Gasteiger charge is 2.05. The summed E-state index contributed by atoms with van der Waals surface area (Å²) in [6.45, 7) is 5.25. The second-order valence-corrected chi connectivity index (χ2v) is 4.55. The van der Waals surface area contributed by atoms with Gasteiger partial charge in [0.15, 0.2) is 0 Å². The Balaban J connectivity index is 2.48. The Morgan fingerprint density at radius 1 is 1.24 bits per heavy atom. The fraction of sp³-hybridized carbons (Fsp3) is 0.357. The summed E-state index contributed by atoms with van der Waals surface area (Å²) in [6.07, 6.45) is 2.07. The van der Waals surface area contributed by atoms with Gasteiger partial charge >= 0.3 is 0 Å². The van der Waals surface area contributed by atoms with E-state index in [0.717, 1.165) is 41.1 Å². The second-order valence-electron chi connectivity index (χ2n) is 4.11. The van der Waals surface area contributed by atoms with Crippen LogP contribution in [0.25, 0.3) is 10.9 Å². The third kappa shape index (κ3) is 2.70. The first-order valence-corrected chi connectivity index (χ1v) is 6.45. The second kappa shape index (κ2) is 5.37. The average Bonchev–Trinajstić information content (AvgIpc) is 2.35. The molecule has 0 spiro atoms. The van der Waals surface area contributed by atoms with Gasteiger partial charge < -0.3 is 5.32 Å². The Hall–Kier alpha value is -1.28. The minimum atomic E-state index is 0.760. The van der Waals surface area contributed by atoms with Crippen LogP contribution in [0.4, 0.5) is 5.82 Å². The van der Waals surface area contributed by atoms with E-state index in [1.165, 1.54) is 5.56 Å². The summed E-state index contributed by atoms with van der Waals surface area (Å²) in [6, 6.07) is 7.99. The van der Waals surface area contributed by atoms with Crippen molar-refractivity contribution in [3.8, 4) is 0 Å². The van der Waals surface area contributed by atoms with Crippen LogP contribution in [0.2, 0.25) is 5.02 Å². The first-order chi connectivity index (χ1) is 8.24. The van der Waals surface area contributed by atoms with E-state index in [4.69, 9.17) is 11.6 Å². The van der Waals surface area contributed by atoms with E-state index in [2.05, 4.69) is 30.2 Å². The molecule has 2 aromatic rings. The van der Waals surface area contributed by atoms with Gasteiger partial charge in [-0.25, -0.2) is 4.98 Å². The molecule has 3 heteroatoms. The third-order valence-electron chi connectivity index (χ3n) is 2.78. The highest BCUT2D eigenvalue weighted by atomic mass is 35.5. The SMILES string of the molecule is CCCNc1nc2ccc(Cl)cc2cc1CC. The molecule has 0 unspecified atom stereocenters. The standard InChI is InChI=1S/C14H17ClN2/c1-3-7-16-14-10(4-2)8-11-9-12(15)5-6-13(11)17-14/h5-6,8-9H,3-4,7H2,1-2H3,(H,16,17). The van der Waals surface area contributed by atoms with E-state index in [-0.39, 0.29) is 0 Å². The Bertz CT molecular complexity index is 523. The number of halogens is 1. The summed E-state index contributed by atoms with van der Waals surface area (Å²) in [4.78, 5) is 4.65. The van der Waals surface area contributed by atoms with E-state index in [1.807, 2.05) is 18.2 Å². The Morgan fingerprint density at radius 3 is 2.76 bits per heavy atom. The van der Waals surface area contributed by atoms with Crippen molar-refractivity contribution in [3.63, 3.8) is 0 Å². The van der Waals surface area contributed by atoms with Crippen molar-refractivity contribution >= 4 is 28.3 Å². The zero-order valence-corrected chi connectivity index (χ0v) is 11.0. The fourth-order valence-corrected chi connectivity index (χ4v) is 2.04. The molecule has 0 aliphatic heterocycles. The van der Waals surface area contributed by atoms with Crippen molar-refractivity contribution in [1.29, 1.82) is 0 Å². The van der Waals surface area contributed by atoms with E-state index in [1.54, 1.807) is 0 Å². The van der Waals surface area contributed by atoms with Crippen LogP contribution < -0.4 is 5.32 Å². The molecule has 0 fully saturated rings. The Kier molecular flexibility index (Phi) is 3.85. The predicted octanol–water partition coefficient (Wildman–Crippen LogP) is 4.27. The largest absolute Gasteiger partial charge is 0.370 e. The normalized spacial score (nSPS) is 10.8. The van der Waals surface area contributed by atoms with Gasteiger partial charge in [0.2, 0.25) is 0 Å². The van der Waals surface area contributed by atoms with Gasteiger partial charge in [-0.3, -0.25) is 0 Å². The molecule has 0 saturated heterocycles. The quantitative estimate of drug-likeness (QED) is 0.874. The number of aryl methyl sites for hydroxylation is 1. The number of benzene rings is 1. The van der Waals surface area contributed by atoms with Gasteiger partial charge in [-0.15, -0.1) is 0 Å². The number of aromatic nitrogens is 1. The van der Waals surface area contributed by atoms with Crippen LogP contribution in [0, 0.1) is 0 Å². The monoisotopic (exact) mass is 248 g/mol. The van der Waals surface area contributed by atoms with Crippen LogP contribution in [0.15, 0.2) is 24.3 Å². The van der Waals surface area contributed by atoms with Crippen LogP contribution in [0.5, 0.6) is 0 Å². The van der Waals surface area contributed by atoms with Crippen molar-refractivity contribution in [3.05, 3.63) is 34.9 Å². The van der Waals surface area contributed by atoms with Crippen molar-refractivity contribution in [1.82, 2.24) is 4.98 Å². The molecule has 2 nitrogen and oxygen atoms in total. The average molecular weight is 249 g/mol. The number of fused-ring (bicyclic) bond motifs is 1. The maximum atomic E-state index is 5.99. The summed E-state index contributed by atoms with van der Waals surface area (Å²) in [5.74, 6) is 1.00. The number of hydrogen-bond donors (Lipinski definition) is 1. The zero-order valence-electron chi connectivity index (χ0n) is 10.3. The molecule has 0 bridgehead atoms. The highest BCUT2D eigenvalue weighted by molar-refractivity contribution is 6.31. The first kappa shape index (κ1) is 12.2. The molecule has 17 heavy (non-hydrogen) atoms. The van der Waals surface area contributed by atoms with E-state index >= 15 is 0 Å². The lowest BCUT2D eigenvalue weighted by Gasteiger charge is -2.11. The van der Waals surface area contributed by atoms with Crippen molar-refractivity contribution in [2.45, 2.75) is 26.7 Å². The van der Waals surface area contributed by atoms with Gasteiger partial charge in [0.1, 0.15) is 5.82 Å². The summed E-state index contributed by atoms with van der Waals surface area (Å²) in [5.41, 5.74) is 2.23. The Morgan fingerprint density at radius 2 is 2.06 bits per heavy atom. The summed E-state index contributed by atoms with van der Waals surface area (Å²) in [5, 5.41) is 5.24. The van der Waals surface area contributed by atoms with Crippen LogP contribution in [-0.4, -0.2) is 11.5 Å². The molecule has 0 aliphatic rings. The Labute approximate surface area is 107 Å². The maximum Gasteiger partial charge on any atom is 0.129 e. The van der Waals surface area contributed by atoms with Gasteiger partial charge in [0.25, 0.3) is 0 Å². The van der Waals surface area contributed by atoms with Gasteiger partial charge in [-0.1, -0.05) is 25.4 Å². The lowest BCUT2D eigenvalue weighted by atomic mass is 10.1. The number of anilines is 1. The molecule has 2 rings (SSSR count). The molecule has 90 valence electrons. The van der Waals surface area contributed by atoms with Crippen LogP contribution in [0.3, 0.4) is 0 Å². The van der Waals surface area contributed by atoms with Crippen molar-refractivity contribution in [2.24, 2.45) is 0 Å². The van der Waals surface area contributed by atoms with E-state index < -0.39 is 0 Å². The van der Waals surface area contributed by atoms with Crippen LogP contribution in [-0.2, 0) is 6.42 Å². The summed E-state index contributed by atoms with van der Waals surface area (Å²) >= 11 is 5.99. The third-order valence-corrected chi connectivity index (χ3v) is 3.01. The van der Waals surface area contributed by atoms with E-state index in [0.29, 0.717) is 0 Å². The van der Waals surface area contributed by atoms with Gasteiger partial charge in [-0.2, -0.15) is 0 Å². The molecule has 1 heterocycles. The van der Waals surface area contributed by atoms with Gasteiger partial charge in [0, 0.05) is 17.0 Å². The molecule has 0 amide bonds. The number of hydrogen-bond acceptors (Lipinski definition) is 2. The molecule has 0 atom stereocenters. The molecule has 0 aliphatic carbocycles. The van der Waals surface area contributed by atoms with Crippen molar-refractivity contribution < 1.29 is 0 Å². The number of nitrogens with one attached hydrogen (secondary N) is 1. The summed E-state index contributed by atoms with van der Waals surface area (Å²) in [7, 11) is 0. The molecule has 0 radical (unpaired) electrons. The highest BCUT2D eigenvalue weighted by Crippen LogP contribution is 2.23. The molecular formula is C14H17ClN2. The number of nitrogens with zero attached hydrogens (tertiary/aromatic N) is 1. The molecule has 0 saturated carbocycles. The van der Waals surface area contributed by atoms with Gasteiger partial charge in [-0.05, 0) is 42.7 Å². The van der Waals surface area contributed by atoms with E-state index in [9.17, 15) is 0 Å². The number of rotatable bonds is 4. The molecule has 1 aromatic heterocycles. The van der Waals surface area contributed by atoms with Gasteiger partial charge in [0.05, 0.1) is 5.52 Å². The molecule has 1 aromatic carbocycles. The lowest BCUT2D eigenvalue weighted by Crippen LogP contribution is -2.05. The first-order valence-electron chi connectivity index (χ1n) is 6.07. The van der Waals surface area contributed by atoms with Crippen LogP contribution in [0.1, 0.15) is 25.8 Å². The minimum Gasteiger partial charge on any atom is -0.370 e. The van der Waals surface area contributed by atoms with Crippen molar-refractivity contribution in [2.75, 3.05) is 11.9 Å². The molecular weight excluding hydrogens is 232 g/mol. The topological polar surface area (TPSA) is 24.9 Å². The van der Waals surface area contributed by atoms with Crippen LogP contribution >= 0.6 is 11.6 Å². The number of pyridine rings is 1. The zero-order chi connectivity index (χ0) is 12.3. The fourth-order valence-electron chi connectivity index (χ4n) is 1.86. The lowest BCUT2D eigenvalue weighted by molar-refractivity contribution is 0.962. The maximum absolute atomic E-state index is 5.99. The smallest absolute Gasteiger partial charge is 0.129 e. The summed E-state index contributed by atoms with van der Waals surface area (Å²) < 4.78 is 0.